The molecule has 3 rings (SSSR count). The van der Waals surface area contributed by atoms with Crippen LogP contribution in [-0.4, -0.2) is 39.8 Å². The fourth-order valence-electron chi connectivity index (χ4n) is 2.89. The van der Waals surface area contributed by atoms with Crippen LogP contribution in [-0.2, 0) is 13.1 Å². The van der Waals surface area contributed by atoms with E-state index in [2.05, 4.69) is 25.6 Å². The Morgan fingerprint density at radius 1 is 1.16 bits per heavy atom. The van der Waals surface area contributed by atoms with E-state index in [0.29, 0.717) is 24.6 Å². The first kappa shape index (κ1) is 23.1. The van der Waals surface area contributed by atoms with Crippen LogP contribution in [0, 0.1) is 6.92 Å². The van der Waals surface area contributed by atoms with Crippen LogP contribution in [0.25, 0.3) is 5.82 Å². The normalized spacial score (nSPS) is 12.0. The molecule has 2 heterocycles. The van der Waals surface area contributed by atoms with Crippen molar-refractivity contribution in [3.63, 3.8) is 0 Å². The monoisotopic (exact) mass is 446 g/mol. The van der Waals surface area contributed by atoms with Gasteiger partial charge in [-0.2, -0.15) is 13.2 Å². The Balaban J connectivity index is 1.68. The van der Waals surface area contributed by atoms with Gasteiger partial charge in [-0.1, -0.05) is 12.1 Å². The number of nitrogens with zero attached hydrogens (tertiary/aromatic N) is 4. The summed E-state index contributed by atoms with van der Waals surface area (Å²) >= 11 is 0. The molecule has 0 fully saturated rings. The minimum atomic E-state index is -4.40. The predicted molar refractivity (Wildman–Crippen MR) is 116 cm³/mol. The molecule has 0 bridgehead atoms. The number of rotatable bonds is 8. The summed E-state index contributed by atoms with van der Waals surface area (Å²) in [6.07, 6.45) is 2.46. The third kappa shape index (κ3) is 7.00. The highest BCUT2D eigenvalue weighted by molar-refractivity contribution is 5.79. The van der Waals surface area contributed by atoms with Gasteiger partial charge >= 0.3 is 6.18 Å². The van der Waals surface area contributed by atoms with E-state index >= 15 is 0 Å². The topological polar surface area (TPSA) is 76.4 Å². The molecular formula is C22H25F3N6O. The number of hydrogen-bond acceptors (Lipinski definition) is 4. The average molecular weight is 446 g/mol. The van der Waals surface area contributed by atoms with Crippen molar-refractivity contribution in [2.45, 2.75) is 33.1 Å². The van der Waals surface area contributed by atoms with Crippen LogP contribution in [0.4, 0.5) is 13.2 Å². The summed E-state index contributed by atoms with van der Waals surface area (Å²) < 4.78 is 44.6. The van der Waals surface area contributed by atoms with Crippen molar-refractivity contribution < 1.29 is 17.9 Å². The Kier molecular flexibility index (Phi) is 7.69. The summed E-state index contributed by atoms with van der Waals surface area (Å²) in [6, 6.07) is 8.96. The van der Waals surface area contributed by atoms with Crippen molar-refractivity contribution >= 4 is 5.96 Å². The number of ether oxygens (including phenoxy) is 1. The van der Waals surface area contributed by atoms with Crippen molar-refractivity contribution in [2.75, 3.05) is 13.2 Å². The lowest BCUT2D eigenvalue weighted by Gasteiger charge is -2.16. The minimum absolute atomic E-state index is 0.199. The van der Waals surface area contributed by atoms with Gasteiger partial charge in [0.05, 0.1) is 6.54 Å². The van der Waals surface area contributed by atoms with Gasteiger partial charge in [0.25, 0.3) is 0 Å². The van der Waals surface area contributed by atoms with Gasteiger partial charge in [0, 0.05) is 37.2 Å². The van der Waals surface area contributed by atoms with E-state index in [4.69, 9.17) is 4.74 Å². The Morgan fingerprint density at radius 2 is 2.00 bits per heavy atom. The van der Waals surface area contributed by atoms with Crippen molar-refractivity contribution in [3.05, 3.63) is 71.9 Å². The quantitative estimate of drug-likeness (QED) is 0.407. The number of benzene rings is 1. The van der Waals surface area contributed by atoms with E-state index in [1.807, 2.05) is 25.1 Å². The number of aliphatic imine (C=N–C) groups is 1. The number of aromatic nitrogens is 3. The van der Waals surface area contributed by atoms with E-state index in [0.717, 1.165) is 16.9 Å². The van der Waals surface area contributed by atoms with Crippen molar-refractivity contribution in [1.82, 2.24) is 25.2 Å². The molecule has 1 aromatic carbocycles. The van der Waals surface area contributed by atoms with Gasteiger partial charge in [-0.25, -0.2) is 15.0 Å². The SMILES string of the molecule is CCNC(=NCc1ccnc(-n2ccnc2)c1)NCc1ccc(C)cc1OCC(F)(F)F. The number of hydrogen-bond donors (Lipinski definition) is 2. The summed E-state index contributed by atoms with van der Waals surface area (Å²) in [5.74, 6) is 1.47. The van der Waals surface area contributed by atoms with Crippen LogP contribution in [0.3, 0.4) is 0 Å². The third-order valence-corrected chi connectivity index (χ3v) is 4.40. The molecule has 0 amide bonds. The highest BCUT2D eigenvalue weighted by atomic mass is 19.4. The van der Waals surface area contributed by atoms with Crippen LogP contribution in [0.15, 0.2) is 60.2 Å². The molecule has 7 nitrogen and oxygen atoms in total. The van der Waals surface area contributed by atoms with Crippen LogP contribution in [0.2, 0.25) is 0 Å². The molecule has 0 spiro atoms. The fraction of sp³-hybridized carbons (Fsp3) is 0.318. The first-order chi connectivity index (χ1) is 15.3. The molecule has 0 aliphatic carbocycles. The molecule has 32 heavy (non-hydrogen) atoms. The van der Waals surface area contributed by atoms with Gasteiger partial charge in [-0.05, 0) is 43.2 Å². The number of imidazole rings is 1. The molecule has 0 saturated carbocycles. The van der Waals surface area contributed by atoms with Gasteiger partial charge in [0.2, 0.25) is 0 Å². The molecule has 2 N–H and O–H groups in total. The van der Waals surface area contributed by atoms with Crippen molar-refractivity contribution in [2.24, 2.45) is 4.99 Å². The number of aryl methyl sites for hydroxylation is 1. The second kappa shape index (κ2) is 10.7. The lowest BCUT2D eigenvalue weighted by atomic mass is 10.1. The zero-order valence-electron chi connectivity index (χ0n) is 17.9. The highest BCUT2D eigenvalue weighted by Crippen LogP contribution is 2.23. The standard InChI is InChI=1S/C22H25F3N6O/c1-3-27-21(29-12-17-6-7-28-20(11-17)31-9-8-26-15-31)30-13-18-5-4-16(2)10-19(18)32-14-22(23,24)25/h4-11,15H,3,12-14H2,1-2H3,(H2,27,29,30). The van der Waals surface area contributed by atoms with E-state index in [1.165, 1.54) is 0 Å². The first-order valence-corrected chi connectivity index (χ1v) is 10.1. The molecule has 10 heteroatoms. The summed E-state index contributed by atoms with van der Waals surface area (Å²) in [6.45, 7) is 3.69. The van der Waals surface area contributed by atoms with E-state index in [9.17, 15) is 13.2 Å². The average Bonchev–Trinajstić information content (AvgIpc) is 3.30. The second-order valence-electron chi connectivity index (χ2n) is 7.06. The molecule has 0 saturated heterocycles. The Hall–Kier alpha value is -3.56. The molecular weight excluding hydrogens is 421 g/mol. The number of guanidine groups is 1. The Labute approximate surface area is 184 Å². The molecule has 0 radical (unpaired) electrons. The second-order valence-corrected chi connectivity index (χ2v) is 7.06. The van der Waals surface area contributed by atoms with Gasteiger partial charge in [0.1, 0.15) is 17.9 Å². The van der Waals surface area contributed by atoms with Crippen LogP contribution in [0.5, 0.6) is 5.75 Å². The maximum Gasteiger partial charge on any atom is 0.422 e. The van der Waals surface area contributed by atoms with Crippen LogP contribution < -0.4 is 15.4 Å². The third-order valence-electron chi connectivity index (χ3n) is 4.40. The zero-order valence-corrected chi connectivity index (χ0v) is 17.9. The molecule has 170 valence electrons. The van der Waals surface area contributed by atoms with Crippen molar-refractivity contribution in [1.29, 1.82) is 0 Å². The zero-order chi connectivity index (χ0) is 23.0. The van der Waals surface area contributed by atoms with Gasteiger partial charge in [0.15, 0.2) is 12.6 Å². The number of nitrogens with one attached hydrogen (secondary N) is 2. The molecule has 3 aromatic rings. The maximum absolute atomic E-state index is 12.6. The van der Waals surface area contributed by atoms with Gasteiger partial charge in [-0.3, -0.25) is 4.57 Å². The van der Waals surface area contributed by atoms with Crippen LogP contribution >= 0.6 is 0 Å². The molecule has 0 atom stereocenters. The van der Waals surface area contributed by atoms with E-state index in [1.54, 1.807) is 48.5 Å². The van der Waals surface area contributed by atoms with Crippen LogP contribution in [0.1, 0.15) is 23.6 Å². The summed E-state index contributed by atoms with van der Waals surface area (Å²) in [4.78, 5) is 12.9. The number of pyridine rings is 1. The fourth-order valence-corrected chi connectivity index (χ4v) is 2.89. The maximum atomic E-state index is 12.6. The van der Waals surface area contributed by atoms with Gasteiger partial charge < -0.3 is 15.4 Å². The lowest BCUT2D eigenvalue weighted by Crippen LogP contribution is -2.37. The summed E-state index contributed by atoms with van der Waals surface area (Å²) in [7, 11) is 0. The predicted octanol–water partition coefficient (Wildman–Crippen LogP) is 3.77. The smallest absolute Gasteiger partial charge is 0.422 e. The van der Waals surface area contributed by atoms with E-state index in [-0.39, 0.29) is 12.3 Å². The minimum Gasteiger partial charge on any atom is -0.484 e. The Bertz CT molecular complexity index is 1030. The summed E-state index contributed by atoms with van der Waals surface area (Å²) in [5.41, 5.74) is 2.38. The molecule has 0 unspecified atom stereocenters. The lowest BCUT2D eigenvalue weighted by molar-refractivity contribution is -0.153. The number of halogens is 3. The largest absolute Gasteiger partial charge is 0.484 e. The molecule has 2 aromatic heterocycles. The van der Waals surface area contributed by atoms with Gasteiger partial charge in [-0.15, -0.1) is 0 Å². The molecule has 0 aliphatic heterocycles. The highest BCUT2D eigenvalue weighted by Gasteiger charge is 2.28. The van der Waals surface area contributed by atoms with E-state index < -0.39 is 12.8 Å². The van der Waals surface area contributed by atoms with Crippen molar-refractivity contribution in [3.8, 4) is 11.6 Å². The Morgan fingerprint density at radius 3 is 2.72 bits per heavy atom. The summed E-state index contributed by atoms with van der Waals surface area (Å²) in [5, 5.41) is 6.29. The first-order valence-electron chi connectivity index (χ1n) is 10.1. The molecule has 0 aliphatic rings. The number of alkyl halides is 3.